The van der Waals surface area contributed by atoms with Crippen LogP contribution in [-0.4, -0.2) is 47.4 Å². The van der Waals surface area contributed by atoms with E-state index in [0.717, 1.165) is 12.8 Å². The van der Waals surface area contributed by atoms with E-state index < -0.39 is 18.3 Å². The number of carbonyl (C=O) groups is 1. The summed E-state index contributed by atoms with van der Waals surface area (Å²) in [5.41, 5.74) is 0. The summed E-state index contributed by atoms with van der Waals surface area (Å²) in [7, 11) is 1.74. The molecule has 4 nitrogen and oxygen atoms in total. The van der Waals surface area contributed by atoms with E-state index in [2.05, 4.69) is 5.32 Å². The highest BCUT2D eigenvalue weighted by Gasteiger charge is 2.47. The van der Waals surface area contributed by atoms with E-state index in [9.17, 15) is 9.18 Å². The Labute approximate surface area is 88.4 Å². The van der Waals surface area contributed by atoms with Crippen molar-refractivity contribution in [3.05, 3.63) is 0 Å². The van der Waals surface area contributed by atoms with Crippen LogP contribution < -0.4 is 5.32 Å². The Bertz CT molecular complexity index is 262. The van der Waals surface area contributed by atoms with Crippen LogP contribution in [0.4, 0.5) is 9.18 Å². The van der Waals surface area contributed by atoms with Crippen molar-refractivity contribution in [2.45, 2.75) is 50.0 Å². The fourth-order valence-corrected chi connectivity index (χ4v) is 2.92. The van der Waals surface area contributed by atoms with Gasteiger partial charge in [0.2, 0.25) is 0 Å². The molecule has 0 aliphatic carbocycles. The molecule has 2 fully saturated rings. The standard InChI is InChI=1S/C10H17FN2O2/c1-12-7-5-6-3-2-4-8(9(7)11)13(6)10(14)15/h6-9,12H,2-5H2,1H3,(H,14,15)/t6-,7-,8+,9-/m0/s1. The quantitative estimate of drug-likeness (QED) is 0.693. The molecule has 2 bridgehead atoms. The predicted molar refractivity (Wildman–Crippen MR) is 53.7 cm³/mol. The topological polar surface area (TPSA) is 52.6 Å². The first kappa shape index (κ1) is 10.7. The van der Waals surface area contributed by atoms with Gasteiger partial charge in [-0.25, -0.2) is 9.18 Å². The number of halogens is 1. The number of fused-ring (bicyclic) bond motifs is 2. The Morgan fingerprint density at radius 3 is 2.87 bits per heavy atom. The van der Waals surface area contributed by atoms with Crippen LogP contribution in [0, 0.1) is 0 Å². The number of alkyl halides is 1. The van der Waals surface area contributed by atoms with Crippen LogP contribution in [0.5, 0.6) is 0 Å². The number of nitrogens with one attached hydrogen (secondary N) is 1. The molecular weight excluding hydrogens is 199 g/mol. The molecule has 0 aromatic heterocycles. The second-order valence-corrected chi connectivity index (χ2v) is 4.42. The van der Waals surface area contributed by atoms with Gasteiger partial charge >= 0.3 is 6.09 Å². The average Bonchev–Trinajstić information content (AvgIpc) is 2.22. The first-order chi connectivity index (χ1) is 7.15. The number of amides is 1. The summed E-state index contributed by atoms with van der Waals surface area (Å²) in [4.78, 5) is 12.4. The average molecular weight is 216 g/mol. The molecule has 2 aliphatic rings. The maximum absolute atomic E-state index is 14.0. The number of piperidine rings is 2. The molecule has 0 spiro atoms. The summed E-state index contributed by atoms with van der Waals surface area (Å²) in [6.45, 7) is 0. The van der Waals surface area contributed by atoms with Crippen LogP contribution in [0.2, 0.25) is 0 Å². The summed E-state index contributed by atoms with van der Waals surface area (Å²) in [6, 6.07) is -0.617. The van der Waals surface area contributed by atoms with Crippen LogP contribution in [0.3, 0.4) is 0 Å². The minimum absolute atomic E-state index is 0.00528. The first-order valence-electron chi connectivity index (χ1n) is 5.47. The summed E-state index contributed by atoms with van der Waals surface area (Å²) < 4.78 is 14.0. The molecule has 0 unspecified atom stereocenters. The molecule has 0 aromatic rings. The maximum Gasteiger partial charge on any atom is 0.407 e. The highest BCUT2D eigenvalue weighted by atomic mass is 19.1. The fraction of sp³-hybridized carbons (Fsp3) is 0.900. The molecular formula is C10H17FN2O2. The number of carboxylic acid groups (broad SMARTS) is 1. The summed E-state index contributed by atoms with van der Waals surface area (Å²) in [6.07, 6.45) is 1.02. The van der Waals surface area contributed by atoms with Gasteiger partial charge in [0.05, 0.1) is 6.04 Å². The third kappa shape index (κ3) is 1.69. The molecule has 1 amide bonds. The zero-order chi connectivity index (χ0) is 11.0. The predicted octanol–water partition coefficient (Wildman–Crippen LogP) is 1.22. The van der Waals surface area contributed by atoms with Crippen LogP contribution in [0.15, 0.2) is 0 Å². The minimum Gasteiger partial charge on any atom is -0.465 e. The monoisotopic (exact) mass is 216 g/mol. The summed E-state index contributed by atoms with van der Waals surface area (Å²) >= 11 is 0. The molecule has 86 valence electrons. The second kappa shape index (κ2) is 3.96. The van der Waals surface area contributed by atoms with Gasteiger partial charge in [-0.15, -0.1) is 0 Å². The van der Waals surface area contributed by atoms with Gasteiger partial charge in [0.1, 0.15) is 6.17 Å². The fourth-order valence-electron chi connectivity index (χ4n) is 2.92. The van der Waals surface area contributed by atoms with Crippen LogP contribution in [0.25, 0.3) is 0 Å². The Kier molecular flexibility index (Phi) is 2.82. The minimum atomic E-state index is -1.07. The summed E-state index contributed by atoms with van der Waals surface area (Å²) in [5, 5.41) is 12.0. The molecule has 2 saturated heterocycles. The van der Waals surface area contributed by atoms with Crippen molar-refractivity contribution in [3.8, 4) is 0 Å². The van der Waals surface area contributed by atoms with Crippen LogP contribution >= 0.6 is 0 Å². The SMILES string of the molecule is CN[C@H]1C[C@@H]2CCC[C@H]([C@H]1F)N2C(=O)O. The van der Waals surface area contributed by atoms with Crippen molar-refractivity contribution >= 4 is 6.09 Å². The number of nitrogens with zero attached hydrogens (tertiary/aromatic N) is 1. The van der Waals surface area contributed by atoms with Crippen molar-refractivity contribution in [2.24, 2.45) is 0 Å². The lowest BCUT2D eigenvalue weighted by molar-refractivity contribution is -0.0179. The third-order valence-electron chi connectivity index (χ3n) is 3.66. The van der Waals surface area contributed by atoms with Gasteiger partial charge in [-0.2, -0.15) is 0 Å². The Hall–Kier alpha value is -0.840. The van der Waals surface area contributed by atoms with Gasteiger partial charge in [0.15, 0.2) is 0 Å². The van der Waals surface area contributed by atoms with Gasteiger partial charge in [0.25, 0.3) is 0 Å². The molecule has 4 atom stereocenters. The van der Waals surface area contributed by atoms with Crippen molar-refractivity contribution in [1.82, 2.24) is 10.2 Å². The molecule has 2 rings (SSSR count). The summed E-state index contributed by atoms with van der Waals surface area (Å²) in [5.74, 6) is 0. The second-order valence-electron chi connectivity index (χ2n) is 4.42. The Morgan fingerprint density at radius 2 is 2.27 bits per heavy atom. The van der Waals surface area contributed by atoms with Crippen LogP contribution in [0.1, 0.15) is 25.7 Å². The highest BCUT2D eigenvalue weighted by molar-refractivity contribution is 5.66. The largest absolute Gasteiger partial charge is 0.465 e. The molecule has 2 N–H and O–H groups in total. The lowest BCUT2D eigenvalue weighted by atomic mass is 9.81. The molecule has 15 heavy (non-hydrogen) atoms. The van der Waals surface area contributed by atoms with E-state index in [1.165, 1.54) is 4.90 Å². The van der Waals surface area contributed by atoms with E-state index in [1.807, 2.05) is 0 Å². The van der Waals surface area contributed by atoms with Gasteiger partial charge in [0, 0.05) is 12.1 Å². The van der Waals surface area contributed by atoms with Crippen LogP contribution in [-0.2, 0) is 0 Å². The zero-order valence-corrected chi connectivity index (χ0v) is 8.82. The lowest BCUT2D eigenvalue weighted by Crippen LogP contribution is -2.63. The van der Waals surface area contributed by atoms with Gasteiger partial charge in [-0.1, -0.05) is 0 Å². The number of rotatable bonds is 1. The number of hydrogen-bond donors (Lipinski definition) is 2. The van der Waals surface area contributed by atoms with Crippen molar-refractivity contribution < 1.29 is 14.3 Å². The Balaban J connectivity index is 2.20. The van der Waals surface area contributed by atoms with Crippen molar-refractivity contribution in [3.63, 3.8) is 0 Å². The lowest BCUT2D eigenvalue weighted by Gasteiger charge is -2.49. The third-order valence-corrected chi connectivity index (χ3v) is 3.66. The molecule has 0 saturated carbocycles. The smallest absolute Gasteiger partial charge is 0.407 e. The molecule has 5 heteroatoms. The van der Waals surface area contributed by atoms with E-state index in [0.29, 0.717) is 12.8 Å². The molecule has 0 aromatic carbocycles. The first-order valence-corrected chi connectivity index (χ1v) is 5.47. The Morgan fingerprint density at radius 1 is 1.53 bits per heavy atom. The molecule has 2 aliphatic heterocycles. The molecule has 2 heterocycles. The van der Waals surface area contributed by atoms with Gasteiger partial charge < -0.3 is 10.4 Å². The van der Waals surface area contributed by atoms with Crippen molar-refractivity contribution in [1.29, 1.82) is 0 Å². The zero-order valence-electron chi connectivity index (χ0n) is 8.82. The highest BCUT2D eigenvalue weighted by Crippen LogP contribution is 2.35. The van der Waals surface area contributed by atoms with Gasteiger partial charge in [-0.3, -0.25) is 4.90 Å². The normalized spacial score (nSPS) is 40.3. The van der Waals surface area contributed by atoms with Gasteiger partial charge in [-0.05, 0) is 32.7 Å². The van der Waals surface area contributed by atoms with E-state index in [4.69, 9.17) is 5.11 Å². The van der Waals surface area contributed by atoms with E-state index >= 15 is 0 Å². The van der Waals surface area contributed by atoms with E-state index in [1.54, 1.807) is 7.05 Å². The number of hydrogen-bond acceptors (Lipinski definition) is 2. The van der Waals surface area contributed by atoms with Crippen molar-refractivity contribution in [2.75, 3.05) is 7.05 Å². The van der Waals surface area contributed by atoms with E-state index in [-0.39, 0.29) is 12.1 Å². The maximum atomic E-state index is 14.0. The molecule has 0 radical (unpaired) electrons.